The summed E-state index contributed by atoms with van der Waals surface area (Å²) >= 11 is 2.16. The van der Waals surface area contributed by atoms with E-state index in [0.717, 1.165) is 25.8 Å². The van der Waals surface area contributed by atoms with Crippen LogP contribution in [0.5, 0.6) is 11.5 Å². The molecule has 0 saturated carbocycles. The molecule has 11 heteroatoms. The Morgan fingerprint density at radius 3 is 2.65 bits per heavy atom. The molecule has 1 heterocycles. The number of carbonyl (C=O) groups is 1. The third-order valence-corrected chi connectivity index (χ3v) is 7.56. The summed E-state index contributed by atoms with van der Waals surface area (Å²) in [5, 5.41) is 2.87. The van der Waals surface area contributed by atoms with Gasteiger partial charge in [-0.25, -0.2) is 11.5 Å². The molecule has 2 N–H and O–H groups in total. The third kappa shape index (κ3) is 7.19. The van der Waals surface area contributed by atoms with E-state index in [0.29, 0.717) is 5.69 Å². The zero-order valence-electron chi connectivity index (χ0n) is 19.3. The van der Waals surface area contributed by atoms with Gasteiger partial charge in [0.15, 0.2) is 0 Å². The Kier molecular flexibility index (Phi) is 8.63. The molecular formula is C23H29FIN3O5S. The molecule has 1 fully saturated rings. The lowest BCUT2D eigenvalue weighted by Gasteiger charge is -2.29. The minimum atomic E-state index is -4.05. The fraction of sp³-hybridized carbons (Fsp3) is 0.435. The van der Waals surface area contributed by atoms with Crippen LogP contribution in [0.25, 0.3) is 0 Å². The van der Waals surface area contributed by atoms with Crippen LogP contribution in [0.15, 0.2) is 47.4 Å². The van der Waals surface area contributed by atoms with Crippen LogP contribution in [0.3, 0.4) is 0 Å². The Labute approximate surface area is 213 Å². The largest absolute Gasteiger partial charge is 0.492 e. The van der Waals surface area contributed by atoms with Crippen molar-refractivity contribution in [2.24, 2.45) is 0 Å². The van der Waals surface area contributed by atoms with E-state index in [2.05, 4.69) is 32.9 Å². The van der Waals surface area contributed by atoms with Crippen LogP contribution in [0.2, 0.25) is 0 Å². The van der Waals surface area contributed by atoms with Crippen molar-refractivity contribution in [3.8, 4) is 11.5 Å². The maximum absolute atomic E-state index is 13.8. The maximum Gasteiger partial charge on any atom is 0.265 e. The lowest BCUT2D eigenvalue weighted by Crippen LogP contribution is -2.41. The molecule has 1 unspecified atom stereocenters. The number of hydrogen-bond donors (Lipinski definition) is 2. The molecule has 1 amide bonds. The fourth-order valence-electron chi connectivity index (χ4n) is 3.57. The number of carbonyl (C=O) groups excluding carboxylic acids is 1. The second kappa shape index (κ2) is 11.1. The van der Waals surface area contributed by atoms with Crippen LogP contribution in [-0.2, 0) is 14.8 Å². The molecule has 3 rings (SSSR count). The molecule has 186 valence electrons. The van der Waals surface area contributed by atoms with E-state index in [4.69, 9.17) is 9.47 Å². The molecule has 1 aliphatic heterocycles. The van der Waals surface area contributed by atoms with E-state index in [-0.39, 0.29) is 40.6 Å². The van der Waals surface area contributed by atoms with Crippen molar-refractivity contribution in [3.05, 3.63) is 42.5 Å². The molecule has 0 aromatic heterocycles. The highest BCUT2D eigenvalue weighted by molar-refractivity contribution is 14.1. The lowest BCUT2D eigenvalue weighted by atomic mass is 10.0. The summed E-state index contributed by atoms with van der Waals surface area (Å²) in [4.78, 5) is 12.6. The molecule has 1 saturated heterocycles. The summed E-state index contributed by atoms with van der Waals surface area (Å²) < 4.78 is 55.2. The number of nitrogens with zero attached hydrogens (tertiary/aromatic N) is 1. The van der Waals surface area contributed by atoms with Gasteiger partial charge in [-0.3, -0.25) is 9.52 Å². The van der Waals surface area contributed by atoms with Crippen LogP contribution in [0.4, 0.5) is 15.8 Å². The highest BCUT2D eigenvalue weighted by Gasteiger charge is 2.28. The van der Waals surface area contributed by atoms with Crippen LogP contribution >= 0.6 is 22.9 Å². The Morgan fingerprint density at radius 1 is 1.21 bits per heavy atom. The molecule has 34 heavy (non-hydrogen) atoms. The smallest absolute Gasteiger partial charge is 0.265 e. The highest BCUT2D eigenvalue weighted by atomic mass is 127. The van der Waals surface area contributed by atoms with E-state index < -0.39 is 15.9 Å². The molecule has 1 aliphatic rings. The van der Waals surface area contributed by atoms with Gasteiger partial charge in [-0.05, 0) is 44.0 Å². The van der Waals surface area contributed by atoms with Gasteiger partial charge in [-0.1, -0.05) is 12.5 Å². The number of rotatable bonds is 9. The monoisotopic (exact) mass is 605 g/mol. The lowest BCUT2D eigenvalue weighted by molar-refractivity contribution is -0.120. The molecule has 0 radical (unpaired) electrons. The Bertz CT molecular complexity index is 1120. The number of halogens is 2. The average molecular weight is 605 g/mol. The Balaban J connectivity index is 1.81. The second-order valence-corrected chi connectivity index (χ2v) is 11.2. The van der Waals surface area contributed by atoms with E-state index in [1.165, 1.54) is 50.2 Å². The topological polar surface area (TPSA) is 97.0 Å². The quantitative estimate of drug-likeness (QED) is 0.305. The summed E-state index contributed by atoms with van der Waals surface area (Å²) in [7, 11) is -4.05. The molecule has 2 aromatic rings. The van der Waals surface area contributed by atoms with Gasteiger partial charge in [0.1, 0.15) is 16.4 Å². The van der Waals surface area contributed by atoms with Gasteiger partial charge in [0.05, 0.1) is 18.3 Å². The van der Waals surface area contributed by atoms with Crippen molar-refractivity contribution in [2.45, 2.75) is 56.8 Å². The maximum atomic E-state index is 13.8. The summed E-state index contributed by atoms with van der Waals surface area (Å²) in [6.45, 7) is 5.33. The van der Waals surface area contributed by atoms with Crippen LogP contribution < -0.4 is 19.5 Å². The highest BCUT2D eigenvalue weighted by Crippen LogP contribution is 2.31. The normalized spacial score (nSPS) is 17.1. The van der Waals surface area contributed by atoms with E-state index in [1.54, 1.807) is 13.0 Å². The minimum Gasteiger partial charge on any atom is -0.492 e. The van der Waals surface area contributed by atoms with Gasteiger partial charge < -0.3 is 14.8 Å². The first kappa shape index (κ1) is 26.5. The Morgan fingerprint density at radius 2 is 1.97 bits per heavy atom. The number of anilines is 2. The zero-order valence-corrected chi connectivity index (χ0v) is 22.3. The summed E-state index contributed by atoms with van der Waals surface area (Å²) in [5.74, 6) is -1.76. The standard InChI is InChI=1S/C23H29FIN3O5S/c1-4-32-20-15-16(26-22(29)19-10-5-6-13-28(19)25)11-12-21(20)34(30,31)27-17-8-7-9-18(14-17)33-23(2,3)24/h7-9,11-12,14-15,19,27H,4-6,10,13H2,1-3H3,(H,26,29). The SMILES string of the molecule is CCOc1cc(NC(=O)C2CCCCN2I)ccc1S(=O)(=O)Nc1cccc(OC(C)(C)F)c1. The van der Waals surface area contributed by atoms with Gasteiger partial charge in [-0.15, -0.1) is 0 Å². The number of ether oxygens (including phenoxy) is 2. The van der Waals surface area contributed by atoms with Crippen LogP contribution in [0.1, 0.15) is 40.0 Å². The minimum absolute atomic E-state index is 0.0855. The van der Waals surface area contributed by atoms with Crippen molar-refractivity contribution in [2.75, 3.05) is 23.2 Å². The first-order valence-electron chi connectivity index (χ1n) is 11.0. The van der Waals surface area contributed by atoms with Crippen molar-refractivity contribution < 1.29 is 27.1 Å². The number of piperidine rings is 1. The number of nitrogens with one attached hydrogen (secondary N) is 2. The predicted octanol–water partition coefficient (Wildman–Crippen LogP) is 5.11. The van der Waals surface area contributed by atoms with E-state index in [9.17, 15) is 17.6 Å². The number of amides is 1. The van der Waals surface area contributed by atoms with Crippen LogP contribution in [0, 0.1) is 0 Å². The van der Waals surface area contributed by atoms with E-state index in [1.807, 2.05) is 3.11 Å². The van der Waals surface area contributed by atoms with Crippen LogP contribution in [-0.4, -0.2) is 42.5 Å². The third-order valence-electron chi connectivity index (χ3n) is 4.99. The molecule has 0 aliphatic carbocycles. The summed E-state index contributed by atoms with van der Waals surface area (Å²) in [6.07, 6.45) is 2.81. The van der Waals surface area contributed by atoms with E-state index >= 15 is 0 Å². The van der Waals surface area contributed by atoms with Crippen molar-refractivity contribution in [3.63, 3.8) is 0 Å². The summed E-state index contributed by atoms with van der Waals surface area (Å²) in [5.41, 5.74) is 0.657. The molecular weight excluding hydrogens is 576 g/mol. The number of alkyl halides is 1. The average Bonchev–Trinajstić information content (AvgIpc) is 2.73. The molecule has 8 nitrogen and oxygen atoms in total. The second-order valence-electron chi connectivity index (χ2n) is 8.32. The van der Waals surface area contributed by atoms with Gasteiger partial charge in [-0.2, -0.15) is 4.39 Å². The molecule has 0 spiro atoms. The van der Waals surface area contributed by atoms with Gasteiger partial charge in [0, 0.05) is 61.1 Å². The summed E-state index contributed by atoms with van der Waals surface area (Å²) in [6, 6.07) is 10.2. The Hall–Kier alpha value is -2.12. The van der Waals surface area contributed by atoms with Gasteiger partial charge in [0.2, 0.25) is 11.8 Å². The van der Waals surface area contributed by atoms with Crippen molar-refractivity contribution in [1.82, 2.24) is 3.11 Å². The predicted molar refractivity (Wildman–Crippen MR) is 138 cm³/mol. The molecule has 1 atom stereocenters. The molecule has 2 aromatic carbocycles. The van der Waals surface area contributed by atoms with Gasteiger partial charge in [0.25, 0.3) is 10.0 Å². The van der Waals surface area contributed by atoms with Crippen molar-refractivity contribution in [1.29, 1.82) is 0 Å². The number of benzene rings is 2. The number of hydrogen-bond acceptors (Lipinski definition) is 6. The zero-order chi connectivity index (χ0) is 24.9. The van der Waals surface area contributed by atoms with Gasteiger partial charge >= 0.3 is 0 Å². The first-order chi connectivity index (χ1) is 16.0. The molecule has 0 bridgehead atoms. The van der Waals surface area contributed by atoms with Crippen molar-refractivity contribution >= 4 is 50.2 Å². The fourth-order valence-corrected chi connectivity index (χ4v) is 5.62. The number of sulfonamides is 1. The first-order valence-corrected chi connectivity index (χ1v) is 13.4.